The molecule has 3 aromatic rings. The molecule has 3 rings (SSSR count). The normalized spacial score (nSPS) is 12.4. The first kappa shape index (κ1) is 19.2. The minimum atomic E-state index is -0.919. The van der Waals surface area contributed by atoms with Crippen LogP contribution < -0.4 is 0 Å². The van der Waals surface area contributed by atoms with E-state index >= 15 is 0 Å². The van der Waals surface area contributed by atoms with Crippen LogP contribution in [0.15, 0.2) is 42.5 Å². The molecular weight excluding hydrogens is 338 g/mol. The maximum atomic E-state index is 11.6. The van der Waals surface area contributed by atoms with Gasteiger partial charge in [-0.3, -0.25) is 0 Å². The van der Waals surface area contributed by atoms with Crippen LogP contribution in [0.1, 0.15) is 65.0 Å². The van der Waals surface area contributed by atoms with E-state index in [2.05, 4.69) is 24.0 Å². The molecule has 0 aliphatic rings. The number of aromatic carboxylic acids is 1. The van der Waals surface area contributed by atoms with Gasteiger partial charge in [0.25, 0.3) is 0 Å². The maximum Gasteiger partial charge on any atom is 0.335 e. The molecule has 0 saturated heterocycles. The number of aromatic amines is 1. The molecular formula is C23H27NO3. The number of nitrogens with one attached hydrogen (secondary N) is 1. The fourth-order valence-electron chi connectivity index (χ4n) is 3.67. The lowest BCUT2D eigenvalue weighted by Gasteiger charge is -2.12. The highest BCUT2D eigenvalue weighted by molar-refractivity contribution is 5.97. The Hall–Kier alpha value is -2.59. The first-order chi connectivity index (χ1) is 13.0. The van der Waals surface area contributed by atoms with Gasteiger partial charge in [0.15, 0.2) is 0 Å². The number of carboxylic acid groups (broad SMARTS) is 1. The number of H-pyrrole nitrogens is 1. The van der Waals surface area contributed by atoms with Crippen molar-refractivity contribution in [3.63, 3.8) is 0 Å². The van der Waals surface area contributed by atoms with E-state index in [0.29, 0.717) is 12.0 Å². The van der Waals surface area contributed by atoms with Crippen molar-refractivity contribution in [2.75, 3.05) is 0 Å². The first-order valence-corrected chi connectivity index (χ1v) is 9.61. The van der Waals surface area contributed by atoms with Crippen molar-refractivity contribution >= 4 is 16.9 Å². The monoisotopic (exact) mass is 365 g/mol. The van der Waals surface area contributed by atoms with Gasteiger partial charge in [-0.25, -0.2) is 4.79 Å². The van der Waals surface area contributed by atoms with Gasteiger partial charge in [0.1, 0.15) is 0 Å². The first-order valence-electron chi connectivity index (χ1n) is 9.61. The standard InChI is InChI=1S/C23H27NO3/c1-3-4-10-21(25)22-17(12-11-16-8-6-5-7-9-16)19-14-18(23(26)27)15(2)13-20(19)24-22/h5-9,13-14,21,24-25H,3-4,10-12H2,1-2H3,(H,26,27). The van der Waals surface area contributed by atoms with Crippen LogP contribution in [-0.2, 0) is 12.8 Å². The third kappa shape index (κ3) is 4.22. The molecule has 1 atom stereocenters. The van der Waals surface area contributed by atoms with Crippen molar-refractivity contribution in [2.45, 2.75) is 52.1 Å². The summed E-state index contributed by atoms with van der Waals surface area (Å²) in [6.07, 6.45) is 3.72. The van der Waals surface area contributed by atoms with Crippen LogP contribution in [0.25, 0.3) is 10.9 Å². The van der Waals surface area contributed by atoms with Crippen LogP contribution in [0.3, 0.4) is 0 Å². The number of aromatic nitrogens is 1. The molecule has 4 heteroatoms. The number of aliphatic hydroxyl groups excluding tert-OH is 1. The number of benzene rings is 2. The maximum absolute atomic E-state index is 11.6. The fourth-order valence-corrected chi connectivity index (χ4v) is 3.67. The Bertz CT molecular complexity index is 928. The number of fused-ring (bicyclic) bond motifs is 1. The Balaban J connectivity index is 2.04. The van der Waals surface area contributed by atoms with Gasteiger partial charge in [-0.2, -0.15) is 0 Å². The van der Waals surface area contributed by atoms with E-state index in [0.717, 1.165) is 53.4 Å². The van der Waals surface area contributed by atoms with Gasteiger partial charge >= 0.3 is 5.97 Å². The van der Waals surface area contributed by atoms with Crippen LogP contribution in [-0.4, -0.2) is 21.2 Å². The molecule has 1 heterocycles. The topological polar surface area (TPSA) is 73.3 Å². The third-order valence-corrected chi connectivity index (χ3v) is 5.19. The number of hydrogen-bond acceptors (Lipinski definition) is 2. The minimum absolute atomic E-state index is 0.317. The number of carboxylic acids is 1. The van der Waals surface area contributed by atoms with E-state index in [4.69, 9.17) is 0 Å². The van der Waals surface area contributed by atoms with Crippen LogP contribution in [0, 0.1) is 6.92 Å². The van der Waals surface area contributed by atoms with Gasteiger partial charge in [0.2, 0.25) is 0 Å². The highest BCUT2D eigenvalue weighted by atomic mass is 16.4. The van der Waals surface area contributed by atoms with Gasteiger partial charge in [-0.05, 0) is 55.0 Å². The Labute approximate surface area is 159 Å². The van der Waals surface area contributed by atoms with Crippen molar-refractivity contribution in [1.29, 1.82) is 0 Å². The second-order valence-electron chi connectivity index (χ2n) is 7.18. The number of aliphatic hydroxyl groups is 1. The quantitative estimate of drug-likeness (QED) is 0.515. The predicted molar refractivity (Wildman–Crippen MR) is 108 cm³/mol. The summed E-state index contributed by atoms with van der Waals surface area (Å²) in [5.74, 6) is -0.919. The largest absolute Gasteiger partial charge is 0.478 e. The molecule has 0 fully saturated rings. The number of carbonyl (C=O) groups is 1. The Morgan fingerprint density at radius 3 is 2.56 bits per heavy atom. The van der Waals surface area contributed by atoms with Crippen molar-refractivity contribution in [3.8, 4) is 0 Å². The summed E-state index contributed by atoms with van der Waals surface area (Å²) >= 11 is 0. The summed E-state index contributed by atoms with van der Waals surface area (Å²) in [5.41, 5.74) is 5.02. The zero-order valence-corrected chi connectivity index (χ0v) is 16.0. The average Bonchev–Trinajstić information content (AvgIpc) is 3.01. The summed E-state index contributed by atoms with van der Waals surface area (Å²) in [7, 11) is 0. The molecule has 0 radical (unpaired) electrons. The minimum Gasteiger partial charge on any atom is -0.478 e. The molecule has 1 unspecified atom stereocenters. The molecule has 0 saturated carbocycles. The zero-order valence-electron chi connectivity index (χ0n) is 16.0. The van der Waals surface area contributed by atoms with Gasteiger partial charge < -0.3 is 15.2 Å². The van der Waals surface area contributed by atoms with Crippen molar-refractivity contribution in [1.82, 2.24) is 4.98 Å². The van der Waals surface area contributed by atoms with Crippen LogP contribution in [0.2, 0.25) is 0 Å². The van der Waals surface area contributed by atoms with Crippen LogP contribution >= 0.6 is 0 Å². The van der Waals surface area contributed by atoms with Gasteiger partial charge in [-0.15, -0.1) is 0 Å². The summed E-state index contributed by atoms with van der Waals surface area (Å²) in [5, 5.41) is 21.1. The summed E-state index contributed by atoms with van der Waals surface area (Å²) < 4.78 is 0. The Morgan fingerprint density at radius 1 is 1.15 bits per heavy atom. The molecule has 0 amide bonds. The highest BCUT2D eigenvalue weighted by Gasteiger charge is 2.20. The molecule has 2 aromatic carbocycles. The SMILES string of the molecule is CCCCC(O)c1[nH]c2cc(C)c(C(=O)O)cc2c1CCc1ccccc1. The lowest BCUT2D eigenvalue weighted by molar-refractivity contribution is 0.0696. The lowest BCUT2D eigenvalue weighted by atomic mass is 9.96. The molecule has 4 nitrogen and oxygen atoms in total. The molecule has 0 spiro atoms. The van der Waals surface area contributed by atoms with Gasteiger partial charge in [-0.1, -0.05) is 50.1 Å². The van der Waals surface area contributed by atoms with Crippen molar-refractivity contribution in [2.24, 2.45) is 0 Å². The lowest BCUT2D eigenvalue weighted by Crippen LogP contribution is -2.03. The summed E-state index contributed by atoms with van der Waals surface area (Å²) in [4.78, 5) is 15.0. The van der Waals surface area contributed by atoms with E-state index in [-0.39, 0.29) is 0 Å². The Morgan fingerprint density at radius 2 is 1.89 bits per heavy atom. The number of unbranched alkanes of at least 4 members (excludes halogenated alkanes) is 1. The van der Waals surface area contributed by atoms with E-state index in [9.17, 15) is 15.0 Å². The van der Waals surface area contributed by atoms with E-state index in [1.54, 1.807) is 13.0 Å². The third-order valence-electron chi connectivity index (χ3n) is 5.19. The number of hydrogen-bond donors (Lipinski definition) is 3. The van der Waals surface area contributed by atoms with Gasteiger partial charge in [0.05, 0.1) is 11.7 Å². The molecule has 1 aromatic heterocycles. The molecule has 27 heavy (non-hydrogen) atoms. The second kappa shape index (κ2) is 8.40. The predicted octanol–water partition coefficient (Wildman–Crippen LogP) is 5.18. The average molecular weight is 365 g/mol. The fraction of sp³-hybridized carbons (Fsp3) is 0.348. The van der Waals surface area contributed by atoms with Crippen molar-refractivity contribution < 1.29 is 15.0 Å². The molecule has 142 valence electrons. The van der Waals surface area contributed by atoms with Crippen LogP contribution in [0.5, 0.6) is 0 Å². The van der Waals surface area contributed by atoms with Crippen LogP contribution in [0.4, 0.5) is 0 Å². The molecule has 0 bridgehead atoms. The second-order valence-corrected chi connectivity index (χ2v) is 7.18. The molecule has 0 aliphatic heterocycles. The van der Waals surface area contributed by atoms with E-state index in [1.807, 2.05) is 24.3 Å². The summed E-state index contributed by atoms with van der Waals surface area (Å²) in [6.45, 7) is 3.91. The summed E-state index contributed by atoms with van der Waals surface area (Å²) in [6, 6.07) is 13.8. The Kier molecular flexibility index (Phi) is 5.97. The zero-order chi connectivity index (χ0) is 19.4. The number of aryl methyl sites for hydroxylation is 3. The van der Waals surface area contributed by atoms with E-state index < -0.39 is 12.1 Å². The molecule has 3 N–H and O–H groups in total. The van der Waals surface area contributed by atoms with E-state index in [1.165, 1.54) is 5.56 Å². The van der Waals surface area contributed by atoms with Crippen molar-refractivity contribution in [3.05, 3.63) is 70.4 Å². The smallest absolute Gasteiger partial charge is 0.335 e. The van der Waals surface area contributed by atoms with Gasteiger partial charge in [0, 0.05) is 16.6 Å². The number of rotatable bonds is 8. The molecule has 0 aliphatic carbocycles. The highest BCUT2D eigenvalue weighted by Crippen LogP contribution is 2.32.